The highest BCUT2D eigenvalue weighted by molar-refractivity contribution is 5.91. The Labute approximate surface area is 230 Å². The summed E-state index contributed by atoms with van der Waals surface area (Å²) in [7, 11) is 0. The summed E-state index contributed by atoms with van der Waals surface area (Å²) in [6.45, 7) is 4.83. The fourth-order valence-corrected chi connectivity index (χ4v) is 5.07. The lowest BCUT2D eigenvalue weighted by Crippen LogP contribution is -2.46. The van der Waals surface area contributed by atoms with Gasteiger partial charge in [-0.1, -0.05) is 74.5 Å². The largest absolute Gasteiger partial charge is 0.374 e. The van der Waals surface area contributed by atoms with Crippen molar-refractivity contribution in [1.82, 2.24) is 19.5 Å². The maximum Gasteiger partial charge on any atom is 0.280 e. The Hall–Kier alpha value is -3.90. The molecule has 0 unspecified atom stereocenters. The molecule has 11 nitrogen and oxygen atoms in total. The SMILES string of the molecule is CC(C)C(=O)Nc1nc2c(ncn2[C@@H]2O[C@@]3(COCc4ccccc4)CO[C@@H]2[C@@H]3OCc2ccccc2)c(=O)[nH]1. The number of aromatic amines is 1. The van der Waals surface area contributed by atoms with Crippen molar-refractivity contribution >= 4 is 23.0 Å². The molecule has 4 aromatic rings. The van der Waals surface area contributed by atoms with Crippen molar-refractivity contribution in [3.8, 4) is 0 Å². The van der Waals surface area contributed by atoms with E-state index in [1.54, 1.807) is 18.4 Å². The summed E-state index contributed by atoms with van der Waals surface area (Å²) < 4.78 is 27.1. The summed E-state index contributed by atoms with van der Waals surface area (Å²) in [4.78, 5) is 36.4. The normalized spacial score (nSPS) is 23.7. The van der Waals surface area contributed by atoms with Gasteiger partial charge in [-0.25, -0.2) is 4.98 Å². The molecule has 4 atom stereocenters. The number of benzene rings is 2. The molecule has 2 aromatic carbocycles. The molecule has 2 fully saturated rings. The number of aromatic nitrogens is 4. The lowest BCUT2D eigenvalue weighted by molar-refractivity contribution is -0.195. The molecule has 2 aromatic heterocycles. The minimum atomic E-state index is -0.884. The Bertz CT molecular complexity index is 1540. The van der Waals surface area contributed by atoms with Crippen molar-refractivity contribution in [3.05, 3.63) is 88.5 Å². The second kappa shape index (κ2) is 10.9. The first-order chi connectivity index (χ1) is 19.4. The molecule has 0 radical (unpaired) electrons. The Kier molecular flexibility index (Phi) is 7.20. The first-order valence-corrected chi connectivity index (χ1v) is 13.3. The van der Waals surface area contributed by atoms with E-state index in [0.29, 0.717) is 19.8 Å². The number of ether oxygens (including phenoxy) is 4. The molecular formula is C29H31N5O6. The van der Waals surface area contributed by atoms with Crippen LogP contribution in [0.2, 0.25) is 0 Å². The molecule has 208 valence electrons. The summed E-state index contributed by atoms with van der Waals surface area (Å²) in [5.74, 6) is -0.511. The van der Waals surface area contributed by atoms with E-state index >= 15 is 0 Å². The van der Waals surface area contributed by atoms with Crippen LogP contribution >= 0.6 is 0 Å². The number of carbonyl (C=O) groups is 1. The molecule has 2 bridgehead atoms. The predicted octanol–water partition coefficient (Wildman–Crippen LogP) is 3.18. The van der Waals surface area contributed by atoms with E-state index in [1.165, 1.54) is 6.33 Å². The summed E-state index contributed by atoms with van der Waals surface area (Å²) in [5, 5.41) is 2.65. The minimum absolute atomic E-state index is 0.0415. The summed E-state index contributed by atoms with van der Waals surface area (Å²) >= 11 is 0. The molecule has 2 saturated heterocycles. The van der Waals surface area contributed by atoms with Crippen LogP contribution in [0, 0.1) is 5.92 Å². The molecule has 11 heteroatoms. The number of fused-ring (bicyclic) bond motifs is 3. The summed E-state index contributed by atoms with van der Waals surface area (Å²) in [5.41, 5.74) is 1.12. The van der Waals surface area contributed by atoms with Crippen LogP contribution in [-0.2, 0) is 37.0 Å². The van der Waals surface area contributed by atoms with E-state index < -0.39 is 29.6 Å². The van der Waals surface area contributed by atoms with Gasteiger partial charge in [0.2, 0.25) is 11.9 Å². The molecule has 1 amide bonds. The van der Waals surface area contributed by atoms with Crippen LogP contribution in [0.4, 0.5) is 5.95 Å². The third kappa shape index (κ3) is 5.04. The Morgan fingerprint density at radius 1 is 1.12 bits per heavy atom. The second-order valence-electron chi connectivity index (χ2n) is 10.4. The molecule has 0 saturated carbocycles. The van der Waals surface area contributed by atoms with Gasteiger partial charge < -0.3 is 18.9 Å². The van der Waals surface area contributed by atoms with Crippen molar-refractivity contribution < 1.29 is 23.7 Å². The quantitative estimate of drug-likeness (QED) is 0.311. The maximum absolute atomic E-state index is 12.8. The van der Waals surface area contributed by atoms with Crippen LogP contribution in [-0.4, -0.2) is 56.4 Å². The lowest BCUT2D eigenvalue weighted by Gasteiger charge is -2.31. The van der Waals surface area contributed by atoms with E-state index in [4.69, 9.17) is 18.9 Å². The molecule has 4 heterocycles. The van der Waals surface area contributed by atoms with Gasteiger partial charge in [-0.15, -0.1) is 0 Å². The number of anilines is 1. The van der Waals surface area contributed by atoms with Gasteiger partial charge in [0.25, 0.3) is 5.56 Å². The average Bonchev–Trinajstić information content (AvgIpc) is 3.63. The third-order valence-electron chi connectivity index (χ3n) is 7.18. The van der Waals surface area contributed by atoms with Gasteiger partial charge in [-0.05, 0) is 11.1 Å². The number of amides is 1. The first kappa shape index (κ1) is 26.3. The molecule has 2 aliphatic heterocycles. The fraction of sp³-hybridized carbons (Fsp3) is 0.379. The van der Waals surface area contributed by atoms with Gasteiger partial charge in [-0.3, -0.25) is 24.5 Å². The van der Waals surface area contributed by atoms with E-state index in [1.807, 2.05) is 60.7 Å². The monoisotopic (exact) mass is 545 g/mol. The summed E-state index contributed by atoms with van der Waals surface area (Å²) in [6.07, 6.45) is -0.130. The van der Waals surface area contributed by atoms with E-state index in [9.17, 15) is 9.59 Å². The number of hydrogen-bond donors (Lipinski definition) is 2. The van der Waals surface area contributed by atoms with Crippen LogP contribution in [0.3, 0.4) is 0 Å². The molecule has 0 spiro atoms. The van der Waals surface area contributed by atoms with Crippen LogP contribution in [0.5, 0.6) is 0 Å². The van der Waals surface area contributed by atoms with E-state index in [0.717, 1.165) is 11.1 Å². The van der Waals surface area contributed by atoms with E-state index in [-0.39, 0.29) is 35.5 Å². The minimum Gasteiger partial charge on any atom is -0.374 e. The Morgan fingerprint density at radius 3 is 2.52 bits per heavy atom. The molecule has 0 aliphatic carbocycles. The number of H-pyrrole nitrogens is 1. The number of hydrogen-bond acceptors (Lipinski definition) is 8. The van der Waals surface area contributed by atoms with Gasteiger partial charge in [0.1, 0.15) is 17.8 Å². The van der Waals surface area contributed by atoms with Crippen molar-refractivity contribution in [2.24, 2.45) is 5.92 Å². The maximum atomic E-state index is 12.8. The van der Waals surface area contributed by atoms with Gasteiger partial charge in [0, 0.05) is 5.92 Å². The zero-order chi connectivity index (χ0) is 27.7. The number of nitrogens with zero attached hydrogens (tertiary/aromatic N) is 3. The van der Waals surface area contributed by atoms with Crippen molar-refractivity contribution in [2.75, 3.05) is 18.5 Å². The number of rotatable bonds is 10. The van der Waals surface area contributed by atoms with Gasteiger partial charge in [0.15, 0.2) is 17.4 Å². The van der Waals surface area contributed by atoms with Crippen molar-refractivity contribution in [1.29, 1.82) is 0 Å². The van der Waals surface area contributed by atoms with Crippen LogP contribution in [0.1, 0.15) is 31.2 Å². The van der Waals surface area contributed by atoms with Crippen LogP contribution < -0.4 is 10.9 Å². The predicted molar refractivity (Wildman–Crippen MR) is 145 cm³/mol. The lowest BCUT2D eigenvalue weighted by atomic mass is 10.00. The second-order valence-corrected chi connectivity index (χ2v) is 10.4. The number of carbonyl (C=O) groups excluding carboxylic acids is 1. The van der Waals surface area contributed by atoms with Gasteiger partial charge >= 0.3 is 0 Å². The smallest absolute Gasteiger partial charge is 0.280 e. The van der Waals surface area contributed by atoms with Gasteiger partial charge in [-0.2, -0.15) is 4.98 Å². The van der Waals surface area contributed by atoms with E-state index in [2.05, 4.69) is 20.3 Å². The molecular weight excluding hydrogens is 514 g/mol. The number of imidazole rings is 1. The third-order valence-corrected chi connectivity index (χ3v) is 7.18. The highest BCUT2D eigenvalue weighted by Gasteiger charge is 2.63. The first-order valence-electron chi connectivity index (χ1n) is 13.3. The molecule has 2 N–H and O–H groups in total. The molecule has 6 rings (SSSR count). The standard InChI is InChI=1S/C29H31N5O6/c1-18(2)25(35)32-28-31-24-21(26(36)33-28)30-17-34(24)27-22-23(38-14-20-11-7-4-8-12-20)29(40-27,16-39-22)15-37-13-19-9-5-3-6-10-19/h3-12,17-18,22-23,27H,13-16H2,1-2H3,(H2,31,32,33,35,36)/t22-,23+,27-,29+/m1/s1. The highest BCUT2D eigenvalue weighted by Crippen LogP contribution is 2.47. The van der Waals surface area contributed by atoms with Crippen LogP contribution in [0.15, 0.2) is 71.8 Å². The molecule has 2 aliphatic rings. The topological polar surface area (TPSA) is 130 Å². The Balaban J connectivity index is 1.29. The van der Waals surface area contributed by atoms with Crippen molar-refractivity contribution in [2.45, 2.75) is 51.1 Å². The van der Waals surface area contributed by atoms with Gasteiger partial charge in [0.05, 0.1) is 32.8 Å². The van der Waals surface area contributed by atoms with Crippen molar-refractivity contribution in [3.63, 3.8) is 0 Å². The zero-order valence-corrected chi connectivity index (χ0v) is 22.3. The Morgan fingerprint density at radius 2 is 1.82 bits per heavy atom. The number of nitrogens with one attached hydrogen (secondary N) is 2. The zero-order valence-electron chi connectivity index (χ0n) is 22.3. The fourth-order valence-electron chi connectivity index (χ4n) is 5.07. The average molecular weight is 546 g/mol. The summed E-state index contributed by atoms with van der Waals surface area (Å²) in [6, 6.07) is 19.8. The molecule has 40 heavy (non-hydrogen) atoms. The van der Waals surface area contributed by atoms with Crippen LogP contribution in [0.25, 0.3) is 11.2 Å². The highest BCUT2D eigenvalue weighted by atomic mass is 16.7.